The molecule has 2 aliphatic heterocycles. The highest BCUT2D eigenvalue weighted by Gasteiger charge is 2.34. The van der Waals surface area contributed by atoms with Gasteiger partial charge in [0.2, 0.25) is 0 Å². The summed E-state index contributed by atoms with van der Waals surface area (Å²) in [5.41, 5.74) is 2.06. The fourth-order valence-electron chi connectivity index (χ4n) is 3.82. The van der Waals surface area contributed by atoms with E-state index in [1.807, 2.05) is 24.3 Å². The van der Waals surface area contributed by atoms with Crippen LogP contribution in [-0.2, 0) is 4.79 Å². The van der Waals surface area contributed by atoms with E-state index in [1.54, 1.807) is 23.5 Å². The van der Waals surface area contributed by atoms with E-state index in [9.17, 15) is 4.79 Å². The topological polar surface area (TPSA) is 45.1 Å². The Morgan fingerprint density at radius 2 is 2.07 bits per heavy atom. The lowest BCUT2D eigenvalue weighted by Crippen LogP contribution is -2.40. The molecule has 0 bridgehead atoms. The maximum absolute atomic E-state index is 13.1. The molecule has 4 rings (SSSR count). The van der Waals surface area contributed by atoms with Crippen molar-refractivity contribution in [1.82, 2.24) is 9.91 Å². The summed E-state index contributed by atoms with van der Waals surface area (Å²) in [6.07, 6.45) is 4.35. The maximum Gasteiger partial charge on any atom is 0.257 e. The summed E-state index contributed by atoms with van der Waals surface area (Å²) in [6.45, 7) is 2.46. The zero-order valence-corrected chi connectivity index (χ0v) is 16.5. The Labute approximate surface area is 164 Å². The molecule has 0 aliphatic carbocycles. The number of nitrogens with zero attached hydrogens (tertiary/aromatic N) is 3. The minimum absolute atomic E-state index is 0.0745. The third-order valence-corrected chi connectivity index (χ3v) is 6.18. The molecule has 1 fully saturated rings. The van der Waals surface area contributed by atoms with Crippen molar-refractivity contribution in [3.05, 3.63) is 52.2 Å². The van der Waals surface area contributed by atoms with E-state index >= 15 is 0 Å². The lowest BCUT2D eigenvalue weighted by atomic mass is 10.0. The lowest BCUT2D eigenvalue weighted by molar-refractivity contribution is -0.134. The molecule has 1 aromatic heterocycles. The van der Waals surface area contributed by atoms with Gasteiger partial charge < -0.3 is 4.74 Å². The lowest BCUT2D eigenvalue weighted by Gasteiger charge is -2.29. The number of hydrogen-bond acceptors (Lipinski definition) is 5. The highest BCUT2D eigenvalue weighted by atomic mass is 32.1. The summed E-state index contributed by atoms with van der Waals surface area (Å²) in [6, 6.07) is 12.0. The minimum Gasteiger partial charge on any atom is -0.497 e. The van der Waals surface area contributed by atoms with E-state index in [2.05, 4.69) is 22.4 Å². The van der Waals surface area contributed by atoms with Crippen LogP contribution in [-0.4, -0.2) is 48.3 Å². The quantitative estimate of drug-likeness (QED) is 0.786. The number of piperidine rings is 1. The van der Waals surface area contributed by atoms with Crippen molar-refractivity contribution in [2.45, 2.75) is 31.7 Å². The first-order valence-corrected chi connectivity index (χ1v) is 10.4. The van der Waals surface area contributed by atoms with Gasteiger partial charge in [-0.3, -0.25) is 9.69 Å². The van der Waals surface area contributed by atoms with Gasteiger partial charge in [0.05, 0.1) is 30.3 Å². The van der Waals surface area contributed by atoms with Crippen molar-refractivity contribution in [2.75, 3.05) is 26.7 Å². The van der Waals surface area contributed by atoms with Gasteiger partial charge in [0.25, 0.3) is 5.91 Å². The van der Waals surface area contributed by atoms with Crippen LogP contribution in [0.2, 0.25) is 0 Å². The van der Waals surface area contributed by atoms with Gasteiger partial charge in [-0.1, -0.05) is 24.6 Å². The van der Waals surface area contributed by atoms with E-state index < -0.39 is 0 Å². The van der Waals surface area contributed by atoms with Crippen molar-refractivity contribution >= 4 is 23.0 Å². The fraction of sp³-hybridized carbons (Fsp3) is 0.429. The van der Waals surface area contributed by atoms with Crippen molar-refractivity contribution in [3.8, 4) is 5.75 Å². The second-order valence-corrected chi connectivity index (χ2v) is 8.04. The monoisotopic (exact) mass is 383 g/mol. The van der Waals surface area contributed by atoms with Crippen molar-refractivity contribution < 1.29 is 9.53 Å². The highest BCUT2D eigenvalue weighted by Crippen LogP contribution is 2.35. The standard InChI is InChI=1S/C21H25N3O2S/c1-26-17-8-5-7-16(13-17)19-14-18(20-9-6-12-27-20)22-24(19)21(25)15-23-10-3-2-4-11-23/h5-9,12-13,19H,2-4,10-11,14-15H2,1H3/t19-/m0/s1. The Hall–Kier alpha value is -2.18. The highest BCUT2D eigenvalue weighted by molar-refractivity contribution is 7.12. The number of benzene rings is 1. The number of ether oxygens (including phenoxy) is 1. The van der Waals surface area contributed by atoms with E-state index in [0.29, 0.717) is 6.54 Å². The van der Waals surface area contributed by atoms with Gasteiger partial charge in [-0.05, 0) is 55.1 Å². The van der Waals surface area contributed by atoms with Gasteiger partial charge in [-0.15, -0.1) is 11.3 Å². The molecule has 5 nitrogen and oxygen atoms in total. The molecule has 6 heteroatoms. The van der Waals surface area contributed by atoms with E-state index in [0.717, 1.165) is 41.4 Å². The first-order chi connectivity index (χ1) is 13.2. The molecular weight excluding hydrogens is 358 g/mol. The van der Waals surface area contributed by atoms with Crippen molar-refractivity contribution in [3.63, 3.8) is 0 Å². The number of hydrogen-bond donors (Lipinski definition) is 0. The van der Waals surface area contributed by atoms with Crippen LogP contribution >= 0.6 is 11.3 Å². The fourth-order valence-corrected chi connectivity index (χ4v) is 4.54. The van der Waals surface area contributed by atoms with Crippen molar-refractivity contribution in [2.24, 2.45) is 5.10 Å². The zero-order chi connectivity index (χ0) is 18.6. The van der Waals surface area contributed by atoms with Gasteiger partial charge in [-0.2, -0.15) is 5.10 Å². The molecule has 0 radical (unpaired) electrons. The Balaban J connectivity index is 1.59. The molecule has 3 heterocycles. The Bertz CT molecular complexity index is 813. The summed E-state index contributed by atoms with van der Waals surface area (Å²) in [5, 5.41) is 8.51. The predicted octanol–water partition coefficient (Wildman–Crippen LogP) is 3.92. The smallest absolute Gasteiger partial charge is 0.257 e. The average Bonchev–Trinajstić information content (AvgIpc) is 3.38. The third-order valence-electron chi connectivity index (χ3n) is 5.26. The molecule has 142 valence electrons. The summed E-state index contributed by atoms with van der Waals surface area (Å²) < 4.78 is 5.38. The Morgan fingerprint density at radius 1 is 1.22 bits per heavy atom. The first kappa shape index (κ1) is 18.2. The molecule has 2 aliphatic rings. The second kappa shape index (κ2) is 8.23. The summed E-state index contributed by atoms with van der Waals surface area (Å²) in [4.78, 5) is 16.5. The molecule has 27 heavy (non-hydrogen) atoms. The number of thiophene rings is 1. The van der Waals surface area contributed by atoms with Gasteiger partial charge >= 0.3 is 0 Å². The SMILES string of the molecule is COc1cccc([C@@H]2CC(c3cccs3)=NN2C(=O)CN2CCCCC2)c1. The van der Waals surface area contributed by atoms with Crippen LogP contribution in [0.1, 0.15) is 42.2 Å². The molecule has 0 unspecified atom stereocenters. The number of rotatable bonds is 5. The van der Waals surface area contributed by atoms with Gasteiger partial charge in [0, 0.05) is 6.42 Å². The van der Waals surface area contributed by atoms with E-state index in [1.165, 1.54) is 19.3 Å². The van der Waals surface area contributed by atoms with Crippen LogP contribution in [0.15, 0.2) is 46.9 Å². The maximum atomic E-state index is 13.1. The molecule has 2 aromatic rings. The number of methoxy groups -OCH3 is 1. The van der Waals surface area contributed by atoms with Gasteiger partial charge in [-0.25, -0.2) is 5.01 Å². The van der Waals surface area contributed by atoms with Crippen LogP contribution in [0.4, 0.5) is 0 Å². The molecule has 0 spiro atoms. The summed E-state index contributed by atoms with van der Waals surface area (Å²) in [5.74, 6) is 0.886. The number of amides is 1. The Kier molecular flexibility index (Phi) is 5.55. The summed E-state index contributed by atoms with van der Waals surface area (Å²) in [7, 11) is 1.67. The predicted molar refractivity (Wildman–Crippen MR) is 108 cm³/mol. The number of hydrazone groups is 1. The van der Waals surface area contributed by atoms with Gasteiger partial charge in [0.1, 0.15) is 5.75 Å². The molecule has 0 saturated carbocycles. The van der Waals surface area contributed by atoms with E-state index in [4.69, 9.17) is 9.84 Å². The number of carbonyl (C=O) groups excluding carboxylic acids is 1. The number of carbonyl (C=O) groups is 1. The van der Waals surface area contributed by atoms with Crippen LogP contribution in [0, 0.1) is 0 Å². The minimum atomic E-state index is -0.0745. The molecule has 1 amide bonds. The van der Waals surface area contributed by atoms with Crippen LogP contribution in [0.3, 0.4) is 0 Å². The molecule has 1 aromatic carbocycles. The largest absolute Gasteiger partial charge is 0.497 e. The zero-order valence-electron chi connectivity index (χ0n) is 15.6. The molecular formula is C21H25N3O2S. The number of likely N-dealkylation sites (tertiary alicyclic amines) is 1. The Morgan fingerprint density at radius 3 is 2.81 bits per heavy atom. The van der Waals surface area contributed by atoms with E-state index in [-0.39, 0.29) is 11.9 Å². The summed E-state index contributed by atoms with van der Waals surface area (Å²) >= 11 is 1.67. The first-order valence-electron chi connectivity index (χ1n) is 9.54. The van der Waals surface area contributed by atoms with Crippen LogP contribution < -0.4 is 4.74 Å². The third kappa shape index (κ3) is 4.06. The van der Waals surface area contributed by atoms with Gasteiger partial charge in [0.15, 0.2) is 0 Å². The average molecular weight is 384 g/mol. The van der Waals surface area contributed by atoms with Crippen LogP contribution in [0.5, 0.6) is 5.75 Å². The normalized spacial score (nSPS) is 20.6. The second-order valence-electron chi connectivity index (χ2n) is 7.10. The van der Waals surface area contributed by atoms with Crippen molar-refractivity contribution in [1.29, 1.82) is 0 Å². The molecule has 1 atom stereocenters. The molecule has 1 saturated heterocycles. The van der Waals surface area contributed by atoms with Crippen LogP contribution in [0.25, 0.3) is 0 Å². The molecule has 0 N–H and O–H groups in total.